The molecule has 18 heteroatoms. The molecule has 6 heterocycles. The first-order valence-electron chi connectivity index (χ1n) is 15.1. The van der Waals surface area contributed by atoms with E-state index in [1.807, 2.05) is 0 Å². The van der Waals surface area contributed by atoms with Gasteiger partial charge in [0.05, 0.1) is 33.6 Å². The number of aryl methyl sites for hydroxylation is 1. The molecular weight excluding hydrogens is 671 g/mol. The highest BCUT2D eigenvalue weighted by molar-refractivity contribution is 6.33. The third kappa shape index (κ3) is 5.57. The molecule has 4 aromatic heterocycles. The molecule has 1 aromatic carbocycles. The van der Waals surface area contributed by atoms with Crippen molar-refractivity contribution < 1.29 is 32.6 Å². The number of nitrogens with zero attached hydrogens (tertiary/aromatic N) is 8. The molecule has 7 rings (SSSR count). The summed E-state index contributed by atoms with van der Waals surface area (Å²) in [4.78, 5) is 51.1. The number of hydrogen-bond donors (Lipinski definition) is 2. The van der Waals surface area contributed by atoms with E-state index in [0.29, 0.717) is 11.4 Å². The van der Waals surface area contributed by atoms with Gasteiger partial charge in [-0.05, 0) is 56.2 Å². The Morgan fingerprint density at radius 3 is 2.57 bits per heavy atom. The molecule has 2 aliphatic heterocycles. The number of aromatic hydroxyl groups is 1. The topological polar surface area (TPSA) is 162 Å². The first kappa shape index (κ1) is 32.3. The number of alkyl halides is 3. The molecular formula is C31H27ClF3N9O5. The molecule has 2 N–H and O–H groups in total. The second kappa shape index (κ2) is 11.7. The smallest absolute Gasteiger partial charge is 0.416 e. The van der Waals surface area contributed by atoms with Gasteiger partial charge in [-0.3, -0.25) is 19.1 Å². The van der Waals surface area contributed by atoms with Crippen LogP contribution in [0.5, 0.6) is 5.75 Å². The van der Waals surface area contributed by atoms with E-state index in [1.54, 1.807) is 30.9 Å². The summed E-state index contributed by atoms with van der Waals surface area (Å²) in [6, 6.07) is 7.13. The molecule has 1 saturated heterocycles. The Bertz CT molecular complexity index is 2200. The fourth-order valence-corrected chi connectivity index (χ4v) is 6.68. The minimum Gasteiger partial charge on any atom is -0.505 e. The average Bonchev–Trinajstić information content (AvgIpc) is 3.76. The Morgan fingerprint density at radius 1 is 1.16 bits per heavy atom. The second-order valence-electron chi connectivity index (χ2n) is 11.8. The molecule has 0 unspecified atom stereocenters. The van der Waals surface area contributed by atoms with Crippen molar-refractivity contribution in [3.8, 4) is 17.3 Å². The molecule has 2 amide bonds. The summed E-state index contributed by atoms with van der Waals surface area (Å²) in [5.41, 5.74) is -1.79. The Morgan fingerprint density at radius 2 is 1.92 bits per heavy atom. The monoisotopic (exact) mass is 697 g/mol. The third-order valence-electron chi connectivity index (χ3n) is 8.69. The number of halogens is 4. The van der Waals surface area contributed by atoms with Crippen molar-refractivity contribution >= 4 is 34.9 Å². The van der Waals surface area contributed by atoms with E-state index in [9.17, 15) is 32.7 Å². The number of pyridine rings is 1. The molecule has 254 valence electrons. The maximum atomic E-state index is 14.3. The van der Waals surface area contributed by atoms with Gasteiger partial charge in [0.15, 0.2) is 5.69 Å². The summed E-state index contributed by atoms with van der Waals surface area (Å²) in [6.07, 6.45) is -1.84. The largest absolute Gasteiger partial charge is 0.505 e. The molecule has 0 saturated carbocycles. The predicted octanol–water partition coefficient (Wildman–Crippen LogP) is 3.93. The Balaban J connectivity index is 1.27. The second-order valence-corrected chi connectivity index (χ2v) is 12.2. The van der Waals surface area contributed by atoms with Gasteiger partial charge in [-0.25, -0.2) is 4.98 Å². The van der Waals surface area contributed by atoms with Crippen LogP contribution in [0.15, 0.2) is 53.6 Å². The Labute approximate surface area is 279 Å². The van der Waals surface area contributed by atoms with Crippen LogP contribution in [0.25, 0.3) is 17.3 Å². The van der Waals surface area contributed by atoms with Crippen LogP contribution in [0.3, 0.4) is 0 Å². The lowest BCUT2D eigenvalue weighted by atomic mass is 9.85. The van der Waals surface area contributed by atoms with Crippen molar-refractivity contribution in [3.63, 3.8) is 0 Å². The van der Waals surface area contributed by atoms with Crippen molar-refractivity contribution in [2.24, 2.45) is 7.05 Å². The van der Waals surface area contributed by atoms with Crippen molar-refractivity contribution in [3.05, 3.63) is 86.7 Å². The van der Waals surface area contributed by atoms with E-state index >= 15 is 0 Å². The molecule has 49 heavy (non-hydrogen) atoms. The van der Waals surface area contributed by atoms with Gasteiger partial charge >= 0.3 is 6.18 Å². The van der Waals surface area contributed by atoms with E-state index < -0.39 is 47.4 Å². The van der Waals surface area contributed by atoms with E-state index in [2.05, 4.69) is 25.5 Å². The number of likely N-dealkylation sites (tertiary alicyclic amines) is 1. The van der Waals surface area contributed by atoms with Crippen LogP contribution in [0.1, 0.15) is 53.2 Å². The Kier molecular flexibility index (Phi) is 7.70. The SMILES string of the molecule is C[C@H]1OC2(CCN(C(=O)c3ncccc3O)CC2)c2c1n(CC(=O)Nc1ccc(C(F)(F)F)cc1Cl)c1nc(-c3ccn(C)n3)nn1c2=O. The number of piperidine rings is 1. The standard InChI is InChI=1S/C31H27ClF3N9O5/c1-16-25-23(30(49-16)8-12-42(13-9-30)28(48)24-21(45)4-3-10-36-24)27(47)44-29(38-26(40-44)20-7-11-41(2)39-20)43(25)15-22(46)37-19-6-5-17(14-18(19)32)31(33,34)35/h3-7,10-11,14,16,45H,8-9,12-13,15H2,1-2H3,(H,37,46)/t16-/m1/s1. The van der Waals surface area contributed by atoms with Gasteiger partial charge in [-0.15, -0.1) is 5.10 Å². The number of carbonyl (C=O) groups excluding carboxylic acids is 2. The predicted molar refractivity (Wildman–Crippen MR) is 167 cm³/mol. The van der Waals surface area contributed by atoms with Gasteiger partial charge in [0.2, 0.25) is 17.5 Å². The number of carbonyl (C=O) groups is 2. The van der Waals surface area contributed by atoms with Gasteiger partial charge in [-0.2, -0.15) is 27.8 Å². The number of amides is 2. The number of hydrogen-bond acceptors (Lipinski definition) is 9. The van der Waals surface area contributed by atoms with Gasteiger partial charge in [0, 0.05) is 32.5 Å². The number of anilines is 1. The van der Waals surface area contributed by atoms with Crippen LogP contribution in [0.4, 0.5) is 18.9 Å². The minimum absolute atomic E-state index is 0.0174. The number of ether oxygens (including phenoxy) is 1. The summed E-state index contributed by atoms with van der Waals surface area (Å²) in [5.74, 6) is -1.24. The maximum Gasteiger partial charge on any atom is 0.416 e. The summed E-state index contributed by atoms with van der Waals surface area (Å²) in [7, 11) is 1.71. The van der Waals surface area contributed by atoms with E-state index in [4.69, 9.17) is 16.3 Å². The van der Waals surface area contributed by atoms with Crippen molar-refractivity contribution in [2.75, 3.05) is 18.4 Å². The molecule has 0 aliphatic carbocycles. The van der Waals surface area contributed by atoms with E-state index in [-0.39, 0.29) is 65.3 Å². The summed E-state index contributed by atoms with van der Waals surface area (Å²) in [5, 5.41) is 21.2. The number of benzene rings is 1. The van der Waals surface area contributed by atoms with Gasteiger partial charge < -0.3 is 24.6 Å². The maximum absolute atomic E-state index is 14.3. The van der Waals surface area contributed by atoms with Crippen LogP contribution in [-0.4, -0.2) is 68.8 Å². The first-order chi connectivity index (χ1) is 23.3. The van der Waals surface area contributed by atoms with E-state index in [0.717, 1.165) is 22.7 Å². The number of rotatable bonds is 5. The quantitative estimate of drug-likeness (QED) is 0.277. The van der Waals surface area contributed by atoms with Crippen LogP contribution < -0.4 is 10.9 Å². The minimum atomic E-state index is -4.62. The summed E-state index contributed by atoms with van der Waals surface area (Å²) < 4.78 is 50.2. The number of nitrogens with one attached hydrogen (secondary N) is 1. The molecule has 1 spiro atoms. The van der Waals surface area contributed by atoms with E-state index in [1.165, 1.54) is 27.8 Å². The van der Waals surface area contributed by atoms with Crippen LogP contribution in [0, 0.1) is 0 Å². The fraction of sp³-hybridized carbons (Fsp3) is 0.323. The highest BCUT2D eigenvalue weighted by Crippen LogP contribution is 2.48. The van der Waals surface area contributed by atoms with Crippen molar-refractivity contribution in [2.45, 2.75) is 44.2 Å². The summed E-state index contributed by atoms with van der Waals surface area (Å²) >= 11 is 6.10. The highest BCUT2D eigenvalue weighted by Gasteiger charge is 2.50. The van der Waals surface area contributed by atoms with Gasteiger partial charge in [0.25, 0.3) is 11.5 Å². The van der Waals surface area contributed by atoms with Gasteiger partial charge in [0.1, 0.15) is 23.6 Å². The van der Waals surface area contributed by atoms with Gasteiger partial charge in [-0.1, -0.05) is 11.6 Å². The normalized spacial score (nSPS) is 17.1. The highest BCUT2D eigenvalue weighted by atomic mass is 35.5. The molecule has 2 aliphatic rings. The zero-order valence-corrected chi connectivity index (χ0v) is 26.7. The zero-order valence-electron chi connectivity index (χ0n) is 25.9. The fourth-order valence-electron chi connectivity index (χ4n) is 6.45. The Hall–Kier alpha value is -5.29. The molecule has 1 fully saturated rings. The molecule has 0 radical (unpaired) electrons. The van der Waals surface area contributed by atoms with Crippen molar-refractivity contribution in [1.82, 2.24) is 38.8 Å². The number of fused-ring (bicyclic) bond motifs is 3. The van der Waals surface area contributed by atoms with Crippen molar-refractivity contribution in [1.29, 1.82) is 0 Å². The molecule has 0 bridgehead atoms. The lowest BCUT2D eigenvalue weighted by Gasteiger charge is -2.39. The molecule has 1 atom stereocenters. The zero-order chi connectivity index (χ0) is 34.8. The summed E-state index contributed by atoms with van der Waals surface area (Å²) in [6.45, 7) is 1.63. The average molecular weight is 698 g/mol. The number of aromatic nitrogens is 7. The lowest BCUT2D eigenvalue weighted by Crippen LogP contribution is -2.47. The van der Waals surface area contributed by atoms with Crippen LogP contribution >= 0.6 is 11.6 Å². The molecule has 14 nitrogen and oxygen atoms in total. The first-order valence-corrected chi connectivity index (χ1v) is 15.5. The van der Waals surface area contributed by atoms with Crippen LogP contribution in [-0.2, 0) is 34.9 Å². The van der Waals surface area contributed by atoms with Crippen LogP contribution in [0.2, 0.25) is 5.02 Å². The molecule has 5 aromatic rings. The third-order valence-corrected chi connectivity index (χ3v) is 9.00. The lowest BCUT2D eigenvalue weighted by molar-refractivity contribution is -0.137.